The second kappa shape index (κ2) is 9.90. The number of amides is 1. The highest BCUT2D eigenvalue weighted by Crippen LogP contribution is 2.09. The fraction of sp³-hybridized carbons (Fsp3) is 0.238. The van der Waals surface area contributed by atoms with E-state index in [4.69, 9.17) is 5.26 Å². The van der Waals surface area contributed by atoms with Crippen molar-refractivity contribution >= 4 is 5.91 Å². The van der Waals surface area contributed by atoms with E-state index in [2.05, 4.69) is 29.7 Å². The summed E-state index contributed by atoms with van der Waals surface area (Å²) in [6, 6.07) is 16.9. The molecule has 0 aromatic heterocycles. The van der Waals surface area contributed by atoms with E-state index < -0.39 is 5.91 Å². The van der Waals surface area contributed by atoms with Crippen LogP contribution in [0.1, 0.15) is 16.7 Å². The molecule has 0 heterocycles. The van der Waals surface area contributed by atoms with E-state index in [-0.39, 0.29) is 11.3 Å². The van der Waals surface area contributed by atoms with Gasteiger partial charge in [-0.05, 0) is 48.6 Å². The van der Waals surface area contributed by atoms with Gasteiger partial charge in [0, 0.05) is 19.3 Å². The minimum absolute atomic E-state index is 0.0560. The maximum absolute atomic E-state index is 12.1. The van der Waals surface area contributed by atoms with Gasteiger partial charge >= 0.3 is 0 Å². The van der Waals surface area contributed by atoms with Crippen LogP contribution in [0.5, 0.6) is 5.75 Å². The first-order chi connectivity index (χ1) is 12.6. The number of nitrogens with zero attached hydrogens (tertiary/aromatic N) is 1. The van der Waals surface area contributed by atoms with E-state index in [0.29, 0.717) is 19.5 Å². The average Bonchev–Trinajstić information content (AvgIpc) is 2.64. The van der Waals surface area contributed by atoms with Crippen LogP contribution in [0, 0.1) is 18.3 Å². The maximum Gasteiger partial charge on any atom is 0.263 e. The number of nitrogens with one attached hydrogen (secondary N) is 2. The number of phenolic OH excluding ortho intramolecular Hbond substituents is 1. The van der Waals surface area contributed by atoms with Crippen LogP contribution in [-0.2, 0) is 17.6 Å². The van der Waals surface area contributed by atoms with Gasteiger partial charge in [-0.2, -0.15) is 5.26 Å². The minimum Gasteiger partial charge on any atom is -0.508 e. The summed E-state index contributed by atoms with van der Waals surface area (Å²) in [5, 5.41) is 24.2. The van der Waals surface area contributed by atoms with Gasteiger partial charge in [0.15, 0.2) is 0 Å². The number of phenols is 1. The van der Waals surface area contributed by atoms with Gasteiger partial charge in [-0.15, -0.1) is 0 Å². The third kappa shape index (κ3) is 5.99. The lowest BCUT2D eigenvalue weighted by Crippen LogP contribution is -2.28. The molecule has 0 bridgehead atoms. The molecule has 5 heteroatoms. The zero-order chi connectivity index (χ0) is 18.8. The molecule has 1 amide bonds. The molecule has 2 aromatic rings. The highest BCUT2D eigenvalue weighted by molar-refractivity contribution is 5.97. The van der Waals surface area contributed by atoms with Crippen molar-refractivity contribution in [2.45, 2.75) is 19.8 Å². The molecule has 0 saturated heterocycles. The molecule has 0 saturated carbocycles. The van der Waals surface area contributed by atoms with Crippen LogP contribution in [0.4, 0.5) is 0 Å². The third-order valence-electron chi connectivity index (χ3n) is 4.05. The smallest absolute Gasteiger partial charge is 0.263 e. The molecule has 0 unspecified atom stereocenters. The highest BCUT2D eigenvalue weighted by atomic mass is 16.3. The minimum atomic E-state index is -0.394. The highest BCUT2D eigenvalue weighted by Gasteiger charge is 2.08. The van der Waals surface area contributed by atoms with Crippen LogP contribution in [0.25, 0.3) is 0 Å². The summed E-state index contributed by atoms with van der Waals surface area (Å²) in [6.07, 6.45) is 2.92. The average molecular weight is 349 g/mol. The molecular formula is C21H23N3O2. The summed E-state index contributed by atoms with van der Waals surface area (Å²) in [5.74, 6) is -0.182. The van der Waals surface area contributed by atoms with Gasteiger partial charge in [0.1, 0.15) is 17.4 Å². The Balaban J connectivity index is 1.76. The molecule has 2 rings (SSSR count). The van der Waals surface area contributed by atoms with E-state index in [1.54, 1.807) is 24.3 Å². The Hall–Kier alpha value is -3.26. The molecule has 0 aliphatic rings. The van der Waals surface area contributed by atoms with Crippen LogP contribution in [0.2, 0.25) is 0 Å². The number of carbonyl (C=O) groups is 1. The van der Waals surface area contributed by atoms with Gasteiger partial charge in [0.25, 0.3) is 5.91 Å². The molecule has 0 aliphatic carbocycles. The summed E-state index contributed by atoms with van der Waals surface area (Å²) < 4.78 is 0. The zero-order valence-electron chi connectivity index (χ0n) is 14.8. The predicted octanol–water partition coefficient (Wildman–Crippen LogP) is 2.60. The Labute approximate surface area is 154 Å². The van der Waals surface area contributed by atoms with Crippen molar-refractivity contribution in [2.75, 3.05) is 13.1 Å². The fourth-order valence-corrected chi connectivity index (χ4v) is 2.50. The van der Waals surface area contributed by atoms with Gasteiger partial charge in [-0.25, -0.2) is 0 Å². The van der Waals surface area contributed by atoms with Crippen LogP contribution in [-0.4, -0.2) is 24.1 Å². The lowest BCUT2D eigenvalue weighted by molar-refractivity contribution is -0.117. The Kier molecular flexibility index (Phi) is 7.26. The van der Waals surface area contributed by atoms with Gasteiger partial charge in [0.05, 0.1) is 0 Å². The van der Waals surface area contributed by atoms with Crippen molar-refractivity contribution < 1.29 is 9.90 Å². The second-order valence-corrected chi connectivity index (χ2v) is 5.97. The zero-order valence-corrected chi connectivity index (χ0v) is 14.8. The van der Waals surface area contributed by atoms with Crippen molar-refractivity contribution in [3.05, 3.63) is 77.0 Å². The van der Waals surface area contributed by atoms with E-state index in [1.807, 2.05) is 18.2 Å². The maximum atomic E-state index is 12.1. The van der Waals surface area contributed by atoms with Crippen molar-refractivity contribution in [2.24, 2.45) is 0 Å². The molecule has 134 valence electrons. The molecular weight excluding hydrogens is 326 g/mol. The topological polar surface area (TPSA) is 85.2 Å². The number of nitriles is 1. The van der Waals surface area contributed by atoms with Crippen molar-refractivity contribution in [3.63, 3.8) is 0 Å². The van der Waals surface area contributed by atoms with E-state index in [0.717, 1.165) is 12.0 Å². The van der Waals surface area contributed by atoms with Gasteiger partial charge < -0.3 is 15.7 Å². The van der Waals surface area contributed by atoms with Crippen LogP contribution >= 0.6 is 0 Å². The largest absolute Gasteiger partial charge is 0.508 e. The summed E-state index contributed by atoms with van der Waals surface area (Å²) in [5.41, 5.74) is 3.53. The van der Waals surface area contributed by atoms with Gasteiger partial charge in [-0.3, -0.25) is 4.79 Å². The molecule has 26 heavy (non-hydrogen) atoms. The molecule has 0 radical (unpaired) electrons. The summed E-state index contributed by atoms with van der Waals surface area (Å²) in [6.45, 7) is 3.14. The Morgan fingerprint density at radius 1 is 1.12 bits per heavy atom. The molecule has 2 aromatic carbocycles. The summed E-state index contributed by atoms with van der Waals surface area (Å²) >= 11 is 0. The second-order valence-electron chi connectivity index (χ2n) is 5.97. The molecule has 5 nitrogen and oxygen atoms in total. The number of benzene rings is 2. The first-order valence-electron chi connectivity index (χ1n) is 8.54. The molecule has 0 atom stereocenters. The van der Waals surface area contributed by atoms with E-state index in [9.17, 15) is 9.90 Å². The van der Waals surface area contributed by atoms with Gasteiger partial charge in [-0.1, -0.05) is 36.4 Å². The number of aryl methyl sites for hydroxylation is 1. The quantitative estimate of drug-likeness (QED) is 0.388. The van der Waals surface area contributed by atoms with Crippen molar-refractivity contribution in [1.29, 1.82) is 5.26 Å². The van der Waals surface area contributed by atoms with Crippen LogP contribution < -0.4 is 10.6 Å². The lowest BCUT2D eigenvalue weighted by Gasteiger charge is -2.07. The Bertz CT molecular complexity index is 805. The van der Waals surface area contributed by atoms with Crippen molar-refractivity contribution in [3.8, 4) is 11.8 Å². The van der Waals surface area contributed by atoms with E-state index >= 15 is 0 Å². The molecule has 0 spiro atoms. The SMILES string of the molecule is Cc1ccccc1CCN/C=C(/C#N)C(=O)NCCc1ccc(O)cc1. The number of hydrogen-bond donors (Lipinski definition) is 3. The predicted molar refractivity (Wildman–Crippen MR) is 101 cm³/mol. The van der Waals surface area contributed by atoms with Gasteiger partial charge in [0.2, 0.25) is 0 Å². The first-order valence-corrected chi connectivity index (χ1v) is 8.54. The summed E-state index contributed by atoms with van der Waals surface area (Å²) in [4.78, 5) is 12.1. The Morgan fingerprint density at radius 3 is 2.54 bits per heavy atom. The van der Waals surface area contributed by atoms with Crippen LogP contribution in [0.3, 0.4) is 0 Å². The monoisotopic (exact) mass is 349 g/mol. The number of aromatic hydroxyl groups is 1. The number of rotatable bonds is 8. The molecule has 3 N–H and O–H groups in total. The third-order valence-corrected chi connectivity index (χ3v) is 4.05. The van der Waals surface area contributed by atoms with E-state index in [1.165, 1.54) is 17.3 Å². The molecule has 0 fully saturated rings. The number of hydrogen-bond acceptors (Lipinski definition) is 4. The number of carbonyl (C=O) groups excluding carboxylic acids is 1. The Morgan fingerprint density at radius 2 is 1.85 bits per heavy atom. The lowest BCUT2D eigenvalue weighted by atomic mass is 10.1. The standard InChI is InChI=1S/C21H23N3O2/c1-16-4-2-3-5-18(16)11-12-23-15-19(14-22)21(26)24-13-10-17-6-8-20(25)9-7-17/h2-9,15,23,25H,10-13H2,1H3,(H,24,26)/b19-15-. The fourth-order valence-electron chi connectivity index (χ4n) is 2.50. The van der Waals surface area contributed by atoms with Crippen LogP contribution in [0.15, 0.2) is 60.3 Å². The normalized spacial score (nSPS) is 10.8. The first kappa shape index (κ1) is 19.1. The summed E-state index contributed by atoms with van der Waals surface area (Å²) in [7, 11) is 0. The molecule has 0 aliphatic heterocycles. The van der Waals surface area contributed by atoms with Crippen molar-refractivity contribution in [1.82, 2.24) is 10.6 Å².